The normalized spacial score (nSPS) is 10.4. The number of benzene rings is 2. The highest BCUT2D eigenvalue weighted by Gasteiger charge is 2.08. The van der Waals surface area contributed by atoms with Gasteiger partial charge in [0.1, 0.15) is 17.4 Å². The first-order chi connectivity index (χ1) is 8.58. The van der Waals surface area contributed by atoms with Gasteiger partial charge in [-0.1, -0.05) is 22.0 Å². The molecule has 18 heavy (non-hydrogen) atoms. The molecule has 0 unspecified atom stereocenters. The van der Waals surface area contributed by atoms with Gasteiger partial charge in [-0.2, -0.15) is 0 Å². The third-order valence-electron chi connectivity index (χ3n) is 2.21. The fourth-order valence-corrected chi connectivity index (χ4v) is 1.77. The van der Waals surface area contributed by atoms with Gasteiger partial charge >= 0.3 is 0 Å². The maximum Gasteiger partial charge on any atom is 0.166 e. The Morgan fingerprint density at radius 1 is 0.944 bits per heavy atom. The summed E-state index contributed by atoms with van der Waals surface area (Å²) in [5.74, 6) is -2.30. The summed E-state index contributed by atoms with van der Waals surface area (Å²) in [4.78, 5) is 0. The number of ether oxygens (including phenoxy) is 1. The molecule has 0 aliphatic heterocycles. The van der Waals surface area contributed by atoms with Gasteiger partial charge in [0, 0.05) is 23.5 Å². The summed E-state index contributed by atoms with van der Waals surface area (Å²) in [6.45, 7) is 0. The molecule has 0 saturated heterocycles. The van der Waals surface area contributed by atoms with Crippen molar-refractivity contribution in [3.63, 3.8) is 0 Å². The van der Waals surface area contributed by atoms with Crippen LogP contribution in [0.2, 0.25) is 0 Å². The van der Waals surface area contributed by atoms with Crippen molar-refractivity contribution >= 4 is 15.9 Å². The molecule has 0 bridgehead atoms. The zero-order chi connectivity index (χ0) is 13.1. The van der Waals surface area contributed by atoms with Crippen LogP contribution in [0.4, 0.5) is 13.2 Å². The van der Waals surface area contributed by atoms with Crippen LogP contribution in [0.3, 0.4) is 0 Å². The first-order valence-electron chi connectivity index (χ1n) is 5.07. The van der Waals surface area contributed by atoms with Crippen LogP contribution < -0.4 is 4.74 Å². The quantitative estimate of drug-likeness (QED) is 0.740. The number of hydrogen-bond donors (Lipinski definition) is 0. The van der Waals surface area contributed by atoms with E-state index in [2.05, 4.69) is 15.9 Å². The highest BCUT2D eigenvalue weighted by atomic mass is 79.9. The minimum Gasteiger partial charge on any atom is -0.454 e. The van der Waals surface area contributed by atoms with E-state index in [1.54, 1.807) is 6.07 Å². The maximum atomic E-state index is 13.6. The van der Waals surface area contributed by atoms with Crippen molar-refractivity contribution in [1.29, 1.82) is 0 Å². The Kier molecular flexibility index (Phi) is 3.91. The largest absolute Gasteiger partial charge is 0.454 e. The molecule has 2 aromatic carbocycles. The Balaban J connectivity index is 2.28. The Labute approximate surface area is 110 Å². The lowest BCUT2D eigenvalue weighted by Gasteiger charge is -2.08. The standard InChI is InChI=1S/C13H8BrF3O/c14-7-8-1-2-13(12(17)3-8)18-11-5-9(15)4-10(16)6-11/h1-6H,7H2. The maximum absolute atomic E-state index is 13.6. The van der Waals surface area contributed by atoms with Gasteiger partial charge < -0.3 is 4.74 Å². The van der Waals surface area contributed by atoms with Gasteiger partial charge in [0.05, 0.1) is 0 Å². The molecule has 2 aromatic rings. The third kappa shape index (κ3) is 3.04. The van der Waals surface area contributed by atoms with Gasteiger partial charge in [0.25, 0.3) is 0 Å². The number of hydrogen-bond acceptors (Lipinski definition) is 1. The monoisotopic (exact) mass is 316 g/mol. The molecule has 0 fully saturated rings. The summed E-state index contributed by atoms with van der Waals surface area (Å²) in [6.07, 6.45) is 0. The van der Waals surface area contributed by atoms with Crippen molar-refractivity contribution in [2.24, 2.45) is 0 Å². The molecule has 94 valence electrons. The fraction of sp³-hybridized carbons (Fsp3) is 0.0769. The van der Waals surface area contributed by atoms with E-state index in [4.69, 9.17) is 4.74 Å². The summed E-state index contributed by atoms with van der Waals surface area (Å²) < 4.78 is 44.6. The predicted molar refractivity (Wildman–Crippen MR) is 65.5 cm³/mol. The van der Waals surface area contributed by atoms with E-state index in [-0.39, 0.29) is 11.5 Å². The van der Waals surface area contributed by atoms with Gasteiger partial charge in [-0.05, 0) is 17.7 Å². The van der Waals surface area contributed by atoms with E-state index in [0.29, 0.717) is 5.33 Å². The smallest absolute Gasteiger partial charge is 0.166 e. The Morgan fingerprint density at radius 3 is 2.17 bits per heavy atom. The highest BCUT2D eigenvalue weighted by molar-refractivity contribution is 9.08. The average Bonchev–Trinajstić information content (AvgIpc) is 2.30. The number of halogens is 4. The van der Waals surface area contributed by atoms with Crippen molar-refractivity contribution in [1.82, 2.24) is 0 Å². The minimum atomic E-state index is -0.775. The molecular formula is C13H8BrF3O. The molecule has 0 amide bonds. The van der Waals surface area contributed by atoms with E-state index >= 15 is 0 Å². The van der Waals surface area contributed by atoms with Gasteiger partial charge in [0.2, 0.25) is 0 Å². The summed E-state index contributed by atoms with van der Waals surface area (Å²) in [5, 5.41) is 0.513. The molecule has 0 saturated carbocycles. The third-order valence-corrected chi connectivity index (χ3v) is 2.86. The second-order valence-electron chi connectivity index (χ2n) is 3.61. The van der Waals surface area contributed by atoms with Crippen LogP contribution in [0, 0.1) is 17.5 Å². The van der Waals surface area contributed by atoms with Gasteiger partial charge in [-0.25, -0.2) is 13.2 Å². The van der Waals surface area contributed by atoms with E-state index < -0.39 is 17.5 Å². The van der Waals surface area contributed by atoms with E-state index in [0.717, 1.165) is 23.8 Å². The second-order valence-corrected chi connectivity index (χ2v) is 4.17. The fourth-order valence-electron chi connectivity index (χ4n) is 1.42. The lowest BCUT2D eigenvalue weighted by Crippen LogP contribution is -1.91. The zero-order valence-corrected chi connectivity index (χ0v) is 10.7. The van der Waals surface area contributed by atoms with Crippen molar-refractivity contribution < 1.29 is 17.9 Å². The molecule has 0 heterocycles. The molecule has 5 heteroatoms. The molecule has 0 aliphatic carbocycles. The van der Waals surface area contributed by atoms with Crippen molar-refractivity contribution in [3.05, 3.63) is 59.4 Å². The Hall–Kier alpha value is -1.49. The molecule has 2 rings (SSSR count). The van der Waals surface area contributed by atoms with Crippen LogP contribution in [0.5, 0.6) is 11.5 Å². The van der Waals surface area contributed by atoms with Crippen LogP contribution in [-0.4, -0.2) is 0 Å². The minimum absolute atomic E-state index is 0.0790. The van der Waals surface area contributed by atoms with Gasteiger partial charge in [-0.3, -0.25) is 0 Å². The first-order valence-corrected chi connectivity index (χ1v) is 6.19. The van der Waals surface area contributed by atoms with Crippen LogP contribution >= 0.6 is 15.9 Å². The number of rotatable bonds is 3. The van der Waals surface area contributed by atoms with Crippen LogP contribution in [0.1, 0.15) is 5.56 Å². The lowest BCUT2D eigenvalue weighted by atomic mass is 10.2. The summed E-state index contributed by atoms with van der Waals surface area (Å²) in [5.41, 5.74) is 0.741. The van der Waals surface area contributed by atoms with Crippen molar-refractivity contribution in [2.75, 3.05) is 0 Å². The summed E-state index contributed by atoms with van der Waals surface area (Å²) in [6, 6.07) is 7.05. The number of alkyl halides is 1. The topological polar surface area (TPSA) is 9.23 Å². The summed E-state index contributed by atoms with van der Waals surface area (Å²) in [7, 11) is 0. The van der Waals surface area contributed by atoms with Crippen LogP contribution in [0.15, 0.2) is 36.4 Å². The van der Waals surface area contributed by atoms with Gasteiger partial charge in [-0.15, -0.1) is 0 Å². The highest BCUT2D eigenvalue weighted by Crippen LogP contribution is 2.26. The molecule has 0 aliphatic rings. The molecular weight excluding hydrogens is 309 g/mol. The van der Waals surface area contributed by atoms with Crippen molar-refractivity contribution in [2.45, 2.75) is 5.33 Å². The molecule has 0 aromatic heterocycles. The molecule has 0 N–H and O–H groups in total. The predicted octanol–water partition coefficient (Wildman–Crippen LogP) is 4.79. The molecule has 1 nitrogen and oxygen atoms in total. The van der Waals surface area contributed by atoms with E-state index in [1.807, 2.05) is 0 Å². The Bertz CT molecular complexity index is 552. The second kappa shape index (κ2) is 5.44. The zero-order valence-electron chi connectivity index (χ0n) is 9.09. The van der Waals surface area contributed by atoms with Crippen LogP contribution in [-0.2, 0) is 5.33 Å². The average molecular weight is 317 g/mol. The Morgan fingerprint density at radius 2 is 1.61 bits per heavy atom. The molecule has 0 spiro atoms. The molecule has 0 atom stereocenters. The lowest BCUT2D eigenvalue weighted by molar-refractivity contribution is 0.433. The SMILES string of the molecule is Fc1cc(F)cc(Oc2ccc(CBr)cc2F)c1. The summed E-state index contributed by atoms with van der Waals surface area (Å²) >= 11 is 3.20. The first kappa shape index (κ1) is 13.0. The van der Waals surface area contributed by atoms with Crippen molar-refractivity contribution in [3.8, 4) is 11.5 Å². The molecule has 0 radical (unpaired) electrons. The van der Waals surface area contributed by atoms with Gasteiger partial charge in [0.15, 0.2) is 11.6 Å². The van der Waals surface area contributed by atoms with E-state index in [9.17, 15) is 13.2 Å². The van der Waals surface area contributed by atoms with E-state index in [1.165, 1.54) is 12.1 Å². The van der Waals surface area contributed by atoms with Crippen LogP contribution in [0.25, 0.3) is 0 Å².